The van der Waals surface area contributed by atoms with Crippen molar-refractivity contribution < 1.29 is 13.9 Å². The first-order chi connectivity index (χ1) is 15.7. The summed E-state index contributed by atoms with van der Waals surface area (Å²) in [6.45, 7) is 3.03. The average Bonchev–Trinajstić information content (AvgIpc) is 2.85. The highest BCUT2D eigenvalue weighted by molar-refractivity contribution is 5.79. The molecule has 0 aliphatic carbocycles. The zero-order valence-corrected chi connectivity index (χ0v) is 17.8. The predicted octanol–water partition coefficient (Wildman–Crippen LogP) is 4.21. The highest BCUT2D eigenvalue weighted by Crippen LogP contribution is 2.28. The normalized spacial score (nSPS) is 16.5. The van der Waals surface area contributed by atoms with Gasteiger partial charge in [0.05, 0.1) is 0 Å². The molecule has 0 radical (unpaired) electrons. The molecule has 0 unspecified atom stereocenters. The van der Waals surface area contributed by atoms with Crippen LogP contribution >= 0.6 is 0 Å². The molecule has 2 aliphatic rings. The smallest absolute Gasteiger partial charge is 0.226 e. The molecule has 1 saturated heterocycles. The number of benzene rings is 2. The number of hydrogen-bond donors (Lipinski definition) is 0. The van der Waals surface area contributed by atoms with Crippen LogP contribution in [0.4, 0.5) is 10.2 Å². The number of halogens is 1. The maximum Gasteiger partial charge on any atom is 0.226 e. The topological polar surface area (TPSA) is 58.6 Å². The summed E-state index contributed by atoms with van der Waals surface area (Å²) in [5, 5.41) is 0. The van der Waals surface area contributed by atoms with Crippen molar-refractivity contribution in [1.29, 1.82) is 0 Å². The Bertz CT molecular complexity index is 1100. The predicted molar refractivity (Wildman–Crippen MR) is 119 cm³/mol. The molecule has 2 aromatic carbocycles. The van der Waals surface area contributed by atoms with Gasteiger partial charge in [0.1, 0.15) is 23.7 Å². The summed E-state index contributed by atoms with van der Waals surface area (Å²) >= 11 is 0. The van der Waals surface area contributed by atoms with Crippen molar-refractivity contribution in [2.45, 2.75) is 25.8 Å². The molecule has 32 heavy (non-hydrogen) atoms. The third-order valence-corrected chi connectivity index (χ3v) is 6.27. The van der Waals surface area contributed by atoms with Gasteiger partial charge in [0.2, 0.25) is 11.8 Å². The van der Waals surface area contributed by atoms with E-state index in [4.69, 9.17) is 4.74 Å². The molecule has 0 bridgehead atoms. The van der Waals surface area contributed by atoms with Gasteiger partial charge in [0.15, 0.2) is 0 Å². The van der Waals surface area contributed by atoms with Gasteiger partial charge in [-0.2, -0.15) is 0 Å². The van der Waals surface area contributed by atoms with Gasteiger partial charge in [0.25, 0.3) is 0 Å². The second-order valence-electron chi connectivity index (χ2n) is 8.31. The Morgan fingerprint density at radius 2 is 1.72 bits per heavy atom. The number of ether oxygens (including phenoxy) is 1. The molecule has 0 atom stereocenters. The van der Waals surface area contributed by atoms with E-state index >= 15 is 0 Å². The molecule has 5 rings (SSSR count). The summed E-state index contributed by atoms with van der Waals surface area (Å²) in [7, 11) is 0. The summed E-state index contributed by atoms with van der Waals surface area (Å²) in [5.74, 6) is 1.70. The van der Waals surface area contributed by atoms with Crippen molar-refractivity contribution in [2.24, 2.45) is 5.92 Å². The lowest BCUT2D eigenvalue weighted by Crippen LogP contribution is -2.44. The Labute approximate surface area is 186 Å². The molecule has 0 N–H and O–H groups in total. The number of carbonyl (C=O) groups excluding carboxylic acids is 1. The number of anilines is 1. The Balaban J connectivity index is 1.19. The van der Waals surface area contributed by atoms with Crippen LogP contribution in [0.25, 0.3) is 0 Å². The first-order valence-corrected chi connectivity index (χ1v) is 11.0. The van der Waals surface area contributed by atoms with Crippen molar-refractivity contribution >= 4 is 11.7 Å². The average molecular weight is 432 g/mol. The van der Waals surface area contributed by atoms with Gasteiger partial charge in [0, 0.05) is 38.2 Å². The van der Waals surface area contributed by atoms with Gasteiger partial charge < -0.3 is 14.5 Å². The van der Waals surface area contributed by atoms with Crippen molar-refractivity contribution in [1.82, 2.24) is 14.9 Å². The summed E-state index contributed by atoms with van der Waals surface area (Å²) in [6.07, 6.45) is 4.00. The van der Waals surface area contributed by atoms with E-state index in [0.29, 0.717) is 18.2 Å². The van der Waals surface area contributed by atoms with Gasteiger partial charge in [-0.3, -0.25) is 4.79 Å². The number of hydrogen-bond acceptors (Lipinski definition) is 5. The molecule has 164 valence electrons. The van der Waals surface area contributed by atoms with Crippen LogP contribution in [0.3, 0.4) is 0 Å². The number of fused-ring (bicyclic) bond motifs is 1. The lowest BCUT2D eigenvalue weighted by atomic mass is 9.93. The van der Waals surface area contributed by atoms with E-state index in [2.05, 4.69) is 33.1 Å². The quantitative estimate of drug-likeness (QED) is 0.618. The summed E-state index contributed by atoms with van der Waals surface area (Å²) in [5.41, 5.74) is 2.62. The van der Waals surface area contributed by atoms with Crippen LogP contribution in [0.1, 0.15) is 24.0 Å². The van der Waals surface area contributed by atoms with Crippen molar-refractivity contribution in [3.8, 4) is 11.6 Å². The molecular formula is C25H25FN4O2. The monoisotopic (exact) mass is 432 g/mol. The number of carbonyl (C=O) groups is 1. The number of aromatic nitrogens is 2. The van der Waals surface area contributed by atoms with Crippen molar-refractivity contribution in [2.75, 3.05) is 24.5 Å². The standard InChI is InChI=1S/C25H25FN4O2/c26-21-5-7-22(8-6-21)32-24-15-23(27-17-28-24)29-12-10-19(11-13-29)25(31)30-14-9-18-3-1-2-4-20(18)16-30/h1-8,15,17,19H,9-14,16H2. The van der Waals surface area contributed by atoms with Crippen molar-refractivity contribution in [3.05, 3.63) is 77.9 Å². The van der Waals surface area contributed by atoms with Crippen LogP contribution in [-0.4, -0.2) is 40.4 Å². The molecule has 1 amide bonds. The molecule has 1 aromatic heterocycles. The lowest BCUT2D eigenvalue weighted by molar-refractivity contribution is -0.137. The van der Waals surface area contributed by atoms with E-state index in [1.807, 2.05) is 11.0 Å². The summed E-state index contributed by atoms with van der Waals surface area (Å²) < 4.78 is 18.8. The van der Waals surface area contributed by atoms with Gasteiger partial charge in [-0.1, -0.05) is 24.3 Å². The van der Waals surface area contributed by atoms with Crippen LogP contribution in [0.5, 0.6) is 11.6 Å². The lowest BCUT2D eigenvalue weighted by Gasteiger charge is -2.36. The molecule has 0 spiro atoms. The maximum atomic E-state index is 13.1. The Kier molecular flexibility index (Phi) is 5.71. The Morgan fingerprint density at radius 1 is 0.969 bits per heavy atom. The minimum atomic E-state index is -0.313. The molecule has 1 fully saturated rings. The summed E-state index contributed by atoms with van der Waals surface area (Å²) in [6, 6.07) is 16.0. The third kappa shape index (κ3) is 4.42. The molecule has 7 heteroatoms. The van der Waals surface area contributed by atoms with Gasteiger partial charge in [-0.15, -0.1) is 0 Å². The highest BCUT2D eigenvalue weighted by atomic mass is 19.1. The maximum absolute atomic E-state index is 13.1. The molecule has 2 aliphatic heterocycles. The van der Waals surface area contributed by atoms with E-state index in [9.17, 15) is 9.18 Å². The van der Waals surface area contributed by atoms with Crippen LogP contribution in [0.2, 0.25) is 0 Å². The fourth-order valence-corrected chi connectivity index (χ4v) is 4.48. The summed E-state index contributed by atoms with van der Waals surface area (Å²) in [4.78, 5) is 25.8. The SMILES string of the molecule is O=C(C1CCN(c2cc(Oc3ccc(F)cc3)ncn2)CC1)N1CCc2ccccc2C1. The number of piperidine rings is 1. The molecule has 3 aromatic rings. The first-order valence-electron chi connectivity index (χ1n) is 11.0. The van der Waals surface area contributed by atoms with Gasteiger partial charge in [-0.05, 0) is 54.7 Å². The minimum absolute atomic E-state index is 0.0493. The van der Waals surface area contributed by atoms with Gasteiger partial charge in [-0.25, -0.2) is 14.4 Å². The van der Waals surface area contributed by atoms with Crippen LogP contribution in [0, 0.1) is 11.7 Å². The van der Waals surface area contributed by atoms with E-state index in [-0.39, 0.29) is 17.6 Å². The second-order valence-corrected chi connectivity index (χ2v) is 8.31. The number of rotatable bonds is 4. The third-order valence-electron chi connectivity index (χ3n) is 6.27. The number of nitrogens with zero attached hydrogens (tertiary/aromatic N) is 4. The fraction of sp³-hybridized carbons (Fsp3) is 0.320. The zero-order valence-electron chi connectivity index (χ0n) is 17.8. The molecular weight excluding hydrogens is 407 g/mol. The number of amides is 1. The largest absolute Gasteiger partial charge is 0.439 e. The molecule has 6 nitrogen and oxygen atoms in total. The Hall–Kier alpha value is -3.48. The minimum Gasteiger partial charge on any atom is -0.439 e. The van der Waals surface area contributed by atoms with E-state index in [0.717, 1.165) is 44.7 Å². The van der Waals surface area contributed by atoms with Crippen molar-refractivity contribution in [3.63, 3.8) is 0 Å². The zero-order chi connectivity index (χ0) is 21.9. The highest BCUT2D eigenvalue weighted by Gasteiger charge is 2.30. The van der Waals surface area contributed by atoms with Crippen LogP contribution < -0.4 is 9.64 Å². The van der Waals surface area contributed by atoms with Crippen LogP contribution in [-0.2, 0) is 17.8 Å². The van der Waals surface area contributed by atoms with Gasteiger partial charge >= 0.3 is 0 Å². The first kappa shape index (κ1) is 20.4. The van der Waals surface area contributed by atoms with E-state index in [1.165, 1.54) is 29.6 Å². The van der Waals surface area contributed by atoms with E-state index in [1.54, 1.807) is 18.2 Å². The van der Waals surface area contributed by atoms with E-state index < -0.39 is 0 Å². The second kappa shape index (κ2) is 8.94. The van der Waals surface area contributed by atoms with Crippen LogP contribution in [0.15, 0.2) is 60.9 Å². The molecule has 3 heterocycles. The Morgan fingerprint density at radius 3 is 2.50 bits per heavy atom. The fourth-order valence-electron chi connectivity index (χ4n) is 4.48. The molecule has 0 saturated carbocycles.